The molecule has 2 heterocycles. The standard InChI is InChI=1S/C16H18F2N4O4S2/c1-9-7-22(8-10(2)26-9)28(24,25)12-5-3-11(4-6-12)14(23)19-16-21-20-15(27-16)13(17)18/h3-6,9-10,13H,7-8H2,1-2H3,(H,19,21,23)/t9-,10+. The average Bonchev–Trinajstić information content (AvgIpc) is 3.10. The number of amides is 1. The summed E-state index contributed by atoms with van der Waals surface area (Å²) in [6, 6.07) is 5.37. The molecule has 1 aromatic heterocycles. The Hall–Kier alpha value is -2.02. The fraction of sp³-hybridized carbons (Fsp3) is 0.438. The number of hydrogen-bond donors (Lipinski definition) is 1. The fourth-order valence-electron chi connectivity index (χ4n) is 2.80. The van der Waals surface area contributed by atoms with Crippen LogP contribution in [-0.4, -0.2) is 54.1 Å². The molecule has 1 aliphatic rings. The lowest BCUT2D eigenvalue weighted by molar-refractivity contribution is -0.0440. The largest absolute Gasteiger partial charge is 0.373 e. The second kappa shape index (κ2) is 8.15. The van der Waals surface area contributed by atoms with Crippen LogP contribution in [-0.2, 0) is 14.8 Å². The zero-order chi connectivity index (χ0) is 20.5. The molecule has 1 N–H and O–H groups in total. The molecule has 0 radical (unpaired) electrons. The molecule has 0 bridgehead atoms. The Labute approximate surface area is 164 Å². The maximum absolute atomic E-state index is 12.8. The summed E-state index contributed by atoms with van der Waals surface area (Å²) in [6.07, 6.45) is -3.19. The molecule has 0 aliphatic carbocycles. The number of anilines is 1. The van der Waals surface area contributed by atoms with Crippen molar-refractivity contribution in [2.45, 2.75) is 37.4 Å². The Kier molecular flexibility index (Phi) is 6.03. The number of nitrogens with zero attached hydrogens (tertiary/aromatic N) is 3. The van der Waals surface area contributed by atoms with Crippen molar-refractivity contribution >= 4 is 32.4 Å². The first-order valence-electron chi connectivity index (χ1n) is 8.35. The molecular formula is C16H18F2N4O4S2. The number of carbonyl (C=O) groups is 1. The zero-order valence-electron chi connectivity index (χ0n) is 15.0. The van der Waals surface area contributed by atoms with Crippen LogP contribution in [0.4, 0.5) is 13.9 Å². The summed E-state index contributed by atoms with van der Waals surface area (Å²) < 4.78 is 57.6. The number of nitrogens with one attached hydrogen (secondary N) is 1. The van der Waals surface area contributed by atoms with E-state index < -0.39 is 27.4 Å². The molecule has 152 valence electrons. The minimum absolute atomic E-state index is 0.0567. The maximum Gasteiger partial charge on any atom is 0.291 e. The van der Waals surface area contributed by atoms with Crippen molar-refractivity contribution in [2.75, 3.05) is 18.4 Å². The lowest BCUT2D eigenvalue weighted by Gasteiger charge is -2.34. The fourth-order valence-corrected chi connectivity index (χ4v) is 4.98. The second-order valence-electron chi connectivity index (χ2n) is 6.30. The molecule has 12 heteroatoms. The van der Waals surface area contributed by atoms with Crippen LogP contribution in [0, 0.1) is 0 Å². The van der Waals surface area contributed by atoms with E-state index in [1.54, 1.807) is 13.8 Å². The smallest absolute Gasteiger partial charge is 0.291 e. The molecule has 2 aromatic rings. The summed E-state index contributed by atoms with van der Waals surface area (Å²) in [7, 11) is -3.72. The van der Waals surface area contributed by atoms with Crippen LogP contribution in [0.1, 0.15) is 35.6 Å². The van der Waals surface area contributed by atoms with Gasteiger partial charge in [-0.1, -0.05) is 11.3 Å². The number of benzene rings is 1. The van der Waals surface area contributed by atoms with Crippen LogP contribution in [0.15, 0.2) is 29.2 Å². The molecule has 1 aromatic carbocycles. The molecule has 1 aliphatic heterocycles. The highest BCUT2D eigenvalue weighted by atomic mass is 32.2. The van der Waals surface area contributed by atoms with Gasteiger partial charge in [-0.2, -0.15) is 4.31 Å². The lowest BCUT2D eigenvalue weighted by atomic mass is 10.2. The maximum atomic E-state index is 12.8. The third kappa shape index (κ3) is 4.51. The number of alkyl halides is 2. The van der Waals surface area contributed by atoms with E-state index in [9.17, 15) is 22.0 Å². The number of morpholine rings is 1. The van der Waals surface area contributed by atoms with E-state index in [-0.39, 0.29) is 40.9 Å². The van der Waals surface area contributed by atoms with Gasteiger partial charge < -0.3 is 4.74 Å². The molecule has 1 saturated heterocycles. The Morgan fingerprint density at radius 3 is 2.36 bits per heavy atom. The van der Waals surface area contributed by atoms with Crippen molar-refractivity contribution < 1.29 is 26.7 Å². The Morgan fingerprint density at radius 1 is 1.21 bits per heavy atom. The van der Waals surface area contributed by atoms with Crippen molar-refractivity contribution in [2.24, 2.45) is 0 Å². The molecule has 1 fully saturated rings. The van der Waals surface area contributed by atoms with E-state index >= 15 is 0 Å². The first kappa shape index (κ1) is 20.7. The zero-order valence-corrected chi connectivity index (χ0v) is 16.6. The van der Waals surface area contributed by atoms with Gasteiger partial charge in [-0.05, 0) is 38.1 Å². The average molecular weight is 432 g/mol. The summed E-state index contributed by atoms with van der Waals surface area (Å²) in [6.45, 7) is 4.11. The minimum Gasteiger partial charge on any atom is -0.373 e. The summed E-state index contributed by atoms with van der Waals surface area (Å²) in [4.78, 5) is 12.3. The third-order valence-corrected chi connectivity index (χ3v) is 6.68. The monoisotopic (exact) mass is 432 g/mol. The van der Waals surface area contributed by atoms with Gasteiger partial charge in [0.15, 0.2) is 5.01 Å². The summed E-state index contributed by atoms with van der Waals surface area (Å²) >= 11 is 0.572. The van der Waals surface area contributed by atoms with Gasteiger partial charge in [0.05, 0.1) is 17.1 Å². The Balaban J connectivity index is 1.72. The van der Waals surface area contributed by atoms with E-state index in [0.29, 0.717) is 11.3 Å². The van der Waals surface area contributed by atoms with Gasteiger partial charge in [0.25, 0.3) is 12.3 Å². The number of halogens is 2. The van der Waals surface area contributed by atoms with Crippen LogP contribution in [0.3, 0.4) is 0 Å². The van der Waals surface area contributed by atoms with E-state index in [1.807, 2.05) is 0 Å². The predicted octanol–water partition coefficient (Wildman–Crippen LogP) is 2.53. The van der Waals surface area contributed by atoms with E-state index in [1.165, 1.54) is 28.6 Å². The summed E-state index contributed by atoms with van der Waals surface area (Å²) in [5.74, 6) is -0.602. The number of aromatic nitrogens is 2. The molecule has 8 nitrogen and oxygen atoms in total. The molecule has 0 spiro atoms. The van der Waals surface area contributed by atoms with Crippen LogP contribution in [0.25, 0.3) is 0 Å². The number of sulfonamides is 1. The summed E-state index contributed by atoms with van der Waals surface area (Å²) in [5, 5.41) is 8.57. The van der Waals surface area contributed by atoms with Gasteiger partial charge >= 0.3 is 0 Å². The van der Waals surface area contributed by atoms with Gasteiger partial charge in [-0.15, -0.1) is 10.2 Å². The number of carbonyl (C=O) groups excluding carboxylic acids is 1. The normalized spacial score (nSPS) is 21.0. The van der Waals surface area contributed by atoms with Crippen LogP contribution < -0.4 is 5.32 Å². The van der Waals surface area contributed by atoms with Crippen LogP contribution >= 0.6 is 11.3 Å². The van der Waals surface area contributed by atoms with E-state index in [0.717, 1.165) is 0 Å². The van der Waals surface area contributed by atoms with Crippen LogP contribution in [0.5, 0.6) is 0 Å². The number of ether oxygens (including phenoxy) is 1. The Morgan fingerprint density at radius 2 is 1.82 bits per heavy atom. The van der Waals surface area contributed by atoms with Crippen molar-refractivity contribution in [3.8, 4) is 0 Å². The van der Waals surface area contributed by atoms with Crippen LogP contribution in [0.2, 0.25) is 0 Å². The van der Waals surface area contributed by atoms with Gasteiger partial charge in [0.2, 0.25) is 15.2 Å². The first-order chi connectivity index (χ1) is 13.2. The first-order valence-corrected chi connectivity index (χ1v) is 10.6. The van der Waals surface area contributed by atoms with Gasteiger partial charge in [0.1, 0.15) is 0 Å². The summed E-state index contributed by atoms with van der Waals surface area (Å²) in [5.41, 5.74) is 0.163. The number of rotatable bonds is 5. The predicted molar refractivity (Wildman–Crippen MR) is 98.0 cm³/mol. The van der Waals surface area contributed by atoms with Gasteiger partial charge in [-0.3, -0.25) is 10.1 Å². The molecule has 28 heavy (non-hydrogen) atoms. The third-order valence-electron chi connectivity index (χ3n) is 3.99. The quantitative estimate of drug-likeness (QED) is 0.779. The van der Waals surface area contributed by atoms with Crippen molar-refractivity contribution in [1.29, 1.82) is 0 Å². The minimum atomic E-state index is -3.72. The molecular weight excluding hydrogens is 414 g/mol. The van der Waals surface area contributed by atoms with Crippen molar-refractivity contribution in [1.82, 2.24) is 14.5 Å². The van der Waals surface area contributed by atoms with E-state index in [4.69, 9.17) is 4.74 Å². The van der Waals surface area contributed by atoms with E-state index in [2.05, 4.69) is 15.5 Å². The van der Waals surface area contributed by atoms with Crippen molar-refractivity contribution in [3.05, 3.63) is 34.8 Å². The molecule has 0 unspecified atom stereocenters. The van der Waals surface area contributed by atoms with Gasteiger partial charge in [0, 0.05) is 18.7 Å². The van der Waals surface area contributed by atoms with Crippen molar-refractivity contribution in [3.63, 3.8) is 0 Å². The molecule has 0 saturated carbocycles. The molecule has 3 rings (SSSR count). The number of hydrogen-bond acceptors (Lipinski definition) is 7. The van der Waals surface area contributed by atoms with Gasteiger partial charge in [-0.25, -0.2) is 17.2 Å². The molecule has 2 atom stereocenters. The topological polar surface area (TPSA) is 101 Å². The SMILES string of the molecule is C[C@@H]1CN(S(=O)(=O)c2ccc(C(=O)Nc3nnc(C(F)F)s3)cc2)C[C@H](C)O1. The lowest BCUT2D eigenvalue weighted by Crippen LogP contribution is -2.48. The second-order valence-corrected chi connectivity index (χ2v) is 9.25. The highest BCUT2D eigenvalue weighted by Gasteiger charge is 2.32. The highest BCUT2D eigenvalue weighted by Crippen LogP contribution is 2.26. The highest BCUT2D eigenvalue weighted by molar-refractivity contribution is 7.89. The molecule has 1 amide bonds. The Bertz CT molecular complexity index is 940.